The minimum Gasteiger partial charge on any atom is -0.345 e. The number of sulfonamides is 1. The minimum absolute atomic E-state index is 0.0210. The van der Waals surface area contributed by atoms with Gasteiger partial charge in [0.1, 0.15) is 10.7 Å². The number of carbonyl (C=O) groups is 1. The first-order valence-electron chi connectivity index (χ1n) is 9.36. The van der Waals surface area contributed by atoms with E-state index in [2.05, 4.69) is 15.3 Å². The van der Waals surface area contributed by atoms with Crippen molar-refractivity contribution in [1.82, 2.24) is 15.3 Å². The first kappa shape index (κ1) is 19.9. The number of aryl methyl sites for hydroxylation is 2. The normalized spacial score (nSPS) is 15.4. The summed E-state index contributed by atoms with van der Waals surface area (Å²) >= 11 is 1.37. The lowest BCUT2D eigenvalue weighted by atomic mass is 10.1. The summed E-state index contributed by atoms with van der Waals surface area (Å²) in [5.74, 6) is 1.10. The molecule has 0 saturated heterocycles. The van der Waals surface area contributed by atoms with Gasteiger partial charge in [-0.05, 0) is 56.9 Å². The summed E-state index contributed by atoms with van der Waals surface area (Å²) in [6.07, 6.45) is 2.25. The number of carbonyl (C=O) groups excluding carboxylic acids is 1. The van der Waals surface area contributed by atoms with Crippen LogP contribution in [0, 0.1) is 13.8 Å². The lowest BCUT2D eigenvalue weighted by Gasteiger charge is -2.15. The van der Waals surface area contributed by atoms with Crippen molar-refractivity contribution in [1.29, 1.82) is 0 Å². The molecule has 1 saturated carbocycles. The highest BCUT2D eigenvalue weighted by Crippen LogP contribution is 2.40. The van der Waals surface area contributed by atoms with Gasteiger partial charge in [-0.2, -0.15) is 0 Å². The predicted molar refractivity (Wildman–Crippen MR) is 113 cm³/mol. The first-order valence-corrected chi connectivity index (χ1v) is 11.7. The maximum Gasteiger partial charge on any atom is 0.262 e. The molecule has 1 amide bonds. The van der Waals surface area contributed by atoms with Crippen LogP contribution in [0.3, 0.4) is 0 Å². The van der Waals surface area contributed by atoms with Crippen LogP contribution in [0.2, 0.25) is 0 Å². The molecule has 0 aliphatic heterocycles. The number of rotatable bonds is 5. The van der Waals surface area contributed by atoms with E-state index in [0.717, 1.165) is 40.1 Å². The standard InChI is InChI=1S/C20H22N4O3S2/c1-10-16-12(3)22-18(13-7-8-13)24-20(16)28-17(10)19(25)23-11(2)14-5-4-6-15(9-14)29(21,26)27/h4-6,9,11,13H,7-8H2,1-3H3,(H,23,25)(H2,21,26,27). The number of primary sulfonamides is 1. The van der Waals surface area contributed by atoms with Crippen LogP contribution in [0.1, 0.15) is 64.0 Å². The van der Waals surface area contributed by atoms with Gasteiger partial charge >= 0.3 is 0 Å². The molecule has 1 aliphatic carbocycles. The van der Waals surface area contributed by atoms with Crippen LogP contribution >= 0.6 is 11.3 Å². The molecule has 3 N–H and O–H groups in total. The Morgan fingerprint density at radius 3 is 2.66 bits per heavy atom. The number of benzene rings is 1. The zero-order valence-corrected chi connectivity index (χ0v) is 18.0. The third-order valence-corrected chi connectivity index (χ3v) is 7.27. The van der Waals surface area contributed by atoms with Gasteiger partial charge in [0.05, 0.1) is 21.5 Å². The number of fused-ring (bicyclic) bond motifs is 1. The smallest absolute Gasteiger partial charge is 0.262 e. The topological polar surface area (TPSA) is 115 Å². The minimum atomic E-state index is -3.80. The zero-order valence-electron chi connectivity index (χ0n) is 16.4. The molecule has 1 aliphatic rings. The Morgan fingerprint density at radius 1 is 1.28 bits per heavy atom. The van der Waals surface area contributed by atoms with Gasteiger partial charge in [0.15, 0.2) is 0 Å². The van der Waals surface area contributed by atoms with Crippen molar-refractivity contribution in [2.75, 3.05) is 0 Å². The molecule has 0 bridgehead atoms. The molecule has 0 radical (unpaired) electrons. The molecule has 4 rings (SSSR count). The van der Waals surface area contributed by atoms with Crippen LogP contribution in [-0.4, -0.2) is 24.3 Å². The molecule has 2 heterocycles. The third-order valence-electron chi connectivity index (χ3n) is 5.17. The van der Waals surface area contributed by atoms with Crippen molar-refractivity contribution >= 4 is 37.5 Å². The number of amides is 1. The van der Waals surface area contributed by atoms with E-state index in [0.29, 0.717) is 16.4 Å². The number of nitrogens with zero attached hydrogens (tertiary/aromatic N) is 2. The molecule has 1 unspecified atom stereocenters. The molecule has 1 aromatic carbocycles. The lowest BCUT2D eigenvalue weighted by molar-refractivity contribution is 0.0943. The Labute approximate surface area is 173 Å². The highest BCUT2D eigenvalue weighted by Gasteiger charge is 2.28. The third kappa shape index (κ3) is 3.90. The van der Waals surface area contributed by atoms with Gasteiger partial charge in [0.2, 0.25) is 10.0 Å². The fourth-order valence-electron chi connectivity index (χ4n) is 3.41. The van der Waals surface area contributed by atoms with Gasteiger partial charge in [-0.3, -0.25) is 4.79 Å². The molecule has 9 heteroatoms. The molecule has 3 aromatic rings. The van der Waals surface area contributed by atoms with Crippen LogP contribution in [-0.2, 0) is 10.0 Å². The fourth-order valence-corrected chi connectivity index (χ4v) is 5.12. The molecule has 0 spiro atoms. The maximum atomic E-state index is 13.0. The van der Waals surface area contributed by atoms with Gasteiger partial charge in [-0.25, -0.2) is 23.5 Å². The van der Waals surface area contributed by atoms with E-state index in [-0.39, 0.29) is 16.8 Å². The van der Waals surface area contributed by atoms with Crippen molar-refractivity contribution < 1.29 is 13.2 Å². The van der Waals surface area contributed by atoms with Gasteiger partial charge in [0.25, 0.3) is 5.91 Å². The lowest BCUT2D eigenvalue weighted by Crippen LogP contribution is -2.26. The van der Waals surface area contributed by atoms with E-state index in [9.17, 15) is 13.2 Å². The monoisotopic (exact) mass is 430 g/mol. The SMILES string of the molecule is Cc1nc(C2CC2)nc2sc(C(=O)NC(C)c3cccc(S(N)(=O)=O)c3)c(C)c12. The highest BCUT2D eigenvalue weighted by atomic mass is 32.2. The van der Waals surface area contributed by atoms with Gasteiger partial charge in [0, 0.05) is 11.3 Å². The summed E-state index contributed by atoms with van der Waals surface area (Å²) in [7, 11) is -3.80. The van der Waals surface area contributed by atoms with Crippen LogP contribution in [0.4, 0.5) is 0 Å². The van der Waals surface area contributed by atoms with Crippen molar-refractivity contribution in [2.45, 2.75) is 50.5 Å². The van der Waals surface area contributed by atoms with Gasteiger partial charge in [-0.15, -0.1) is 11.3 Å². The first-order chi connectivity index (χ1) is 13.6. The number of aromatic nitrogens is 2. The highest BCUT2D eigenvalue weighted by molar-refractivity contribution is 7.89. The van der Waals surface area contributed by atoms with Crippen LogP contribution < -0.4 is 10.5 Å². The zero-order chi connectivity index (χ0) is 20.9. The van der Waals surface area contributed by atoms with E-state index in [1.807, 2.05) is 13.8 Å². The summed E-state index contributed by atoms with van der Waals surface area (Å²) in [5, 5.41) is 9.09. The van der Waals surface area contributed by atoms with E-state index < -0.39 is 10.0 Å². The summed E-state index contributed by atoms with van der Waals surface area (Å²) in [6, 6.07) is 5.90. The van der Waals surface area contributed by atoms with Crippen molar-refractivity contribution in [3.05, 3.63) is 51.8 Å². The molecular weight excluding hydrogens is 408 g/mol. The summed E-state index contributed by atoms with van der Waals surface area (Å²) < 4.78 is 23.2. The number of hydrogen-bond acceptors (Lipinski definition) is 6. The Morgan fingerprint density at radius 2 is 2.00 bits per heavy atom. The number of nitrogens with one attached hydrogen (secondary N) is 1. The van der Waals surface area contributed by atoms with Crippen LogP contribution in [0.25, 0.3) is 10.2 Å². The van der Waals surface area contributed by atoms with Crippen molar-refractivity contribution in [2.24, 2.45) is 5.14 Å². The molecule has 7 nitrogen and oxygen atoms in total. The second kappa shape index (κ2) is 7.16. The van der Waals surface area contributed by atoms with E-state index in [1.54, 1.807) is 19.1 Å². The predicted octanol–water partition coefficient (Wildman–Crippen LogP) is 3.32. The Hall–Kier alpha value is -2.36. The van der Waals surface area contributed by atoms with Gasteiger partial charge in [-0.1, -0.05) is 12.1 Å². The van der Waals surface area contributed by atoms with Crippen molar-refractivity contribution in [3.8, 4) is 0 Å². The molecule has 29 heavy (non-hydrogen) atoms. The summed E-state index contributed by atoms with van der Waals surface area (Å²) in [4.78, 5) is 23.7. The van der Waals surface area contributed by atoms with Crippen LogP contribution in [0.5, 0.6) is 0 Å². The largest absolute Gasteiger partial charge is 0.345 e. The second-order valence-electron chi connectivity index (χ2n) is 7.49. The molecule has 152 valence electrons. The van der Waals surface area contributed by atoms with Crippen molar-refractivity contribution in [3.63, 3.8) is 0 Å². The molecule has 1 fully saturated rings. The number of hydrogen-bond donors (Lipinski definition) is 2. The number of thiophene rings is 1. The van der Waals surface area contributed by atoms with E-state index in [1.165, 1.54) is 23.5 Å². The molecular formula is C20H22N4O3S2. The van der Waals surface area contributed by atoms with Crippen LogP contribution in [0.15, 0.2) is 29.2 Å². The fraction of sp³-hybridized carbons (Fsp3) is 0.350. The Bertz CT molecular complexity index is 1230. The Balaban J connectivity index is 1.62. The maximum absolute atomic E-state index is 13.0. The average molecular weight is 431 g/mol. The summed E-state index contributed by atoms with van der Waals surface area (Å²) in [6.45, 7) is 5.67. The molecule has 1 atom stereocenters. The number of nitrogens with two attached hydrogens (primary N) is 1. The van der Waals surface area contributed by atoms with Gasteiger partial charge < -0.3 is 5.32 Å². The molecule has 2 aromatic heterocycles. The summed E-state index contributed by atoms with van der Waals surface area (Å²) in [5.41, 5.74) is 2.43. The van der Waals surface area contributed by atoms with E-state index >= 15 is 0 Å². The quantitative estimate of drug-likeness (QED) is 0.644. The van der Waals surface area contributed by atoms with E-state index in [4.69, 9.17) is 5.14 Å². The second-order valence-corrected chi connectivity index (χ2v) is 10.1. The average Bonchev–Trinajstić information content (AvgIpc) is 3.45. The Kier molecular flexibility index (Phi) is 4.92.